The van der Waals surface area contributed by atoms with Crippen molar-refractivity contribution in [3.63, 3.8) is 0 Å². The summed E-state index contributed by atoms with van der Waals surface area (Å²) in [5.74, 6) is -0.562. The topological polar surface area (TPSA) is 89.1 Å². The minimum atomic E-state index is -0.530. The molecule has 6 nitrogen and oxygen atoms in total. The molecule has 0 radical (unpaired) electrons. The van der Waals surface area contributed by atoms with Crippen molar-refractivity contribution < 1.29 is 24.4 Å². The first kappa shape index (κ1) is 22.8. The Morgan fingerprint density at radius 2 is 1.83 bits per heavy atom. The van der Waals surface area contributed by atoms with Crippen LogP contribution in [0, 0.1) is 12.8 Å². The molecule has 156 valence electrons. The molecule has 2 aromatic rings. The Morgan fingerprint density at radius 3 is 2.38 bits per heavy atom. The van der Waals surface area contributed by atoms with E-state index < -0.39 is 5.97 Å². The van der Waals surface area contributed by atoms with Gasteiger partial charge in [0.2, 0.25) is 0 Å². The number of rotatable bonds is 9. The number of nitrogens with two attached hydrogens (primary N) is 1. The van der Waals surface area contributed by atoms with Crippen molar-refractivity contribution in [3.05, 3.63) is 51.9 Å². The van der Waals surface area contributed by atoms with Gasteiger partial charge < -0.3 is 15.4 Å². The fourth-order valence-corrected chi connectivity index (χ4v) is 4.37. The van der Waals surface area contributed by atoms with Gasteiger partial charge >= 0.3 is 5.97 Å². The van der Waals surface area contributed by atoms with Gasteiger partial charge in [0.15, 0.2) is 12.3 Å². The average molecular weight is 418 g/mol. The molecule has 2 rings (SSSR count). The van der Waals surface area contributed by atoms with E-state index >= 15 is 0 Å². The van der Waals surface area contributed by atoms with E-state index in [1.54, 1.807) is 13.8 Å². The zero-order chi connectivity index (χ0) is 21.6. The second kappa shape index (κ2) is 10.3. The molecule has 0 aliphatic rings. The van der Waals surface area contributed by atoms with Gasteiger partial charge in [0.25, 0.3) is 5.91 Å². The average Bonchev–Trinajstić information content (AvgIpc) is 2.99. The fourth-order valence-electron chi connectivity index (χ4n) is 3.27. The van der Waals surface area contributed by atoms with Crippen molar-refractivity contribution in [2.24, 2.45) is 5.92 Å². The maximum absolute atomic E-state index is 12.6. The largest absolute Gasteiger partial charge is 0.462 e. The zero-order valence-corrected chi connectivity index (χ0v) is 18.4. The number of hydrogen-bond acceptors (Lipinski definition) is 5. The van der Waals surface area contributed by atoms with Gasteiger partial charge in [-0.2, -0.15) is 0 Å². The molecular formula is C22H29N2O4S+. The maximum atomic E-state index is 12.6. The molecule has 0 fully saturated rings. The Balaban J connectivity index is 2.16. The zero-order valence-electron chi connectivity index (χ0n) is 17.6. The van der Waals surface area contributed by atoms with Crippen LogP contribution in [0.15, 0.2) is 30.3 Å². The van der Waals surface area contributed by atoms with Crippen molar-refractivity contribution in [2.45, 2.75) is 40.7 Å². The number of quaternary nitrogens is 1. The quantitative estimate of drug-likeness (QED) is 0.484. The van der Waals surface area contributed by atoms with Crippen LogP contribution in [0.25, 0.3) is 0 Å². The van der Waals surface area contributed by atoms with Gasteiger partial charge in [-0.05, 0) is 26.3 Å². The number of carbonyl (C=O) groups excluding carboxylic acids is 3. The predicted octanol–water partition coefficient (Wildman–Crippen LogP) is 3.34. The third kappa shape index (κ3) is 5.74. The molecule has 1 atom stereocenters. The number of esters is 1. The van der Waals surface area contributed by atoms with Gasteiger partial charge in [-0.1, -0.05) is 44.2 Å². The fraction of sp³-hybridized carbons (Fsp3) is 0.409. The van der Waals surface area contributed by atoms with Crippen LogP contribution >= 0.6 is 11.3 Å². The van der Waals surface area contributed by atoms with Gasteiger partial charge in [0, 0.05) is 11.5 Å². The Kier molecular flexibility index (Phi) is 8.10. The van der Waals surface area contributed by atoms with E-state index in [-0.39, 0.29) is 36.4 Å². The summed E-state index contributed by atoms with van der Waals surface area (Å²) in [4.78, 5) is 37.3. The number of nitrogens with one attached hydrogen (secondary N) is 1. The van der Waals surface area contributed by atoms with Crippen LogP contribution in [0.2, 0.25) is 0 Å². The minimum Gasteiger partial charge on any atom is -0.462 e. The lowest BCUT2D eigenvalue weighted by atomic mass is 9.96. The third-order valence-corrected chi connectivity index (χ3v) is 5.97. The van der Waals surface area contributed by atoms with E-state index in [4.69, 9.17) is 4.74 Å². The molecule has 1 amide bonds. The Morgan fingerprint density at radius 1 is 1.17 bits per heavy atom. The van der Waals surface area contributed by atoms with Crippen LogP contribution in [-0.2, 0) is 9.53 Å². The highest BCUT2D eigenvalue weighted by atomic mass is 32.1. The normalized spacial score (nSPS) is 11.9. The number of hydrogen-bond donors (Lipinski definition) is 2. The van der Waals surface area contributed by atoms with E-state index in [9.17, 15) is 14.4 Å². The number of benzene rings is 1. The SMILES string of the molecule is CCOC(=O)c1c(NC(=O)C[NH2+][C@@H](c2ccccc2)C(C)C)sc(C(C)=O)c1C. The molecule has 1 aromatic carbocycles. The van der Waals surface area contributed by atoms with Gasteiger partial charge in [-0.3, -0.25) is 9.59 Å². The lowest BCUT2D eigenvalue weighted by Gasteiger charge is -2.19. The number of ketones is 1. The van der Waals surface area contributed by atoms with Crippen LogP contribution in [0.3, 0.4) is 0 Å². The van der Waals surface area contributed by atoms with Crippen LogP contribution in [0.1, 0.15) is 64.9 Å². The summed E-state index contributed by atoms with van der Waals surface area (Å²) < 4.78 is 5.11. The number of anilines is 1. The molecule has 1 heterocycles. The highest BCUT2D eigenvalue weighted by Crippen LogP contribution is 2.34. The monoisotopic (exact) mass is 417 g/mol. The molecule has 0 aliphatic carbocycles. The van der Waals surface area contributed by atoms with E-state index in [0.29, 0.717) is 21.4 Å². The van der Waals surface area contributed by atoms with Crippen molar-refractivity contribution in [1.29, 1.82) is 0 Å². The second-order valence-electron chi connectivity index (χ2n) is 7.21. The second-order valence-corrected chi connectivity index (χ2v) is 8.23. The number of amides is 1. The van der Waals surface area contributed by atoms with Gasteiger partial charge in [0.05, 0.1) is 17.0 Å². The molecule has 3 N–H and O–H groups in total. The first-order valence-electron chi connectivity index (χ1n) is 9.75. The first-order chi connectivity index (χ1) is 13.8. The van der Waals surface area contributed by atoms with Crippen LogP contribution in [0.5, 0.6) is 0 Å². The summed E-state index contributed by atoms with van der Waals surface area (Å²) in [7, 11) is 0. The number of thiophene rings is 1. The van der Waals surface area contributed by atoms with Crippen molar-refractivity contribution in [3.8, 4) is 0 Å². The Bertz CT molecular complexity index is 874. The van der Waals surface area contributed by atoms with E-state index in [2.05, 4.69) is 31.3 Å². The van der Waals surface area contributed by atoms with Crippen LogP contribution < -0.4 is 10.6 Å². The van der Waals surface area contributed by atoms with Crippen LogP contribution in [0.4, 0.5) is 5.00 Å². The smallest absolute Gasteiger partial charge is 0.341 e. The van der Waals surface area contributed by atoms with Gasteiger partial charge in [0.1, 0.15) is 11.0 Å². The van der Waals surface area contributed by atoms with Gasteiger partial charge in [-0.15, -0.1) is 11.3 Å². The summed E-state index contributed by atoms with van der Waals surface area (Å²) >= 11 is 1.12. The molecule has 0 bridgehead atoms. The maximum Gasteiger partial charge on any atom is 0.341 e. The van der Waals surface area contributed by atoms with E-state index in [0.717, 1.165) is 16.9 Å². The number of Topliss-reactive ketones (excluding diaryl/α,β-unsaturated/α-hetero) is 1. The molecular weight excluding hydrogens is 388 g/mol. The lowest BCUT2D eigenvalue weighted by Crippen LogP contribution is -2.88. The standard InChI is InChI=1S/C22H28N2O4S/c1-6-28-22(27)18-14(4)20(15(5)25)29-21(18)24-17(26)12-23-19(13(2)3)16-10-8-7-9-11-16/h7-11,13,19,23H,6,12H2,1-5H3,(H,24,26)/p+1/t19-/m1/s1. The molecule has 1 aromatic heterocycles. The summed E-state index contributed by atoms with van der Waals surface area (Å²) in [6.07, 6.45) is 0. The summed E-state index contributed by atoms with van der Waals surface area (Å²) in [5.41, 5.74) is 1.97. The molecule has 0 aliphatic heterocycles. The number of carbonyl (C=O) groups is 3. The van der Waals surface area contributed by atoms with E-state index in [1.807, 2.05) is 23.5 Å². The summed E-state index contributed by atoms with van der Waals surface area (Å²) in [5, 5.41) is 5.16. The van der Waals surface area contributed by atoms with Crippen LogP contribution in [-0.4, -0.2) is 30.8 Å². The molecule has 29 heavy (non-hydrogen) atoms. The Hall–Kier alpha value is -2.51. The third-order valence-electron chi connectivity index (χ3n) is 4.66. The lowest BCUT2D eigenvalue weighted by molar-refractivity contribution is -0.692. The van der Waals surface area contributed by atoms with E-state index in [1.165, 1.54) is 6.92 Å². The Labute approximate surface area is 175 Å². The summed E-state index contributed by atoms with van der Waals surface area (Å²) in [6.45, 7) is 9.52. The summed E-state index contributed by atoms with van der Waals surface area (Å²) in [6, 6.07) is 10.2. The molecule has 0 saturated heterocycles. The van der Waals surface area contributed by atoms with Gasteiger partial charge in [-0.25, -0.2) is 4.79 Å². The first-order valence-corrected chi connectivity index (χ1v) is 10.6. The molecule has 0 saturated carbocycles. The van der Waals surface area contributed by atoms with Crippen molar-refractivity contribution in [2.75, 3.05) is 18.5 Å². The highest BCUT2D eigenvalue weighted by Gasteiger charge is 2.26. The highest BCUT2D eigenvalue weighted by molar-refractivity contribution is 7.18. The molecule has 7 heteroatoms. The molecule has 0 unspecified atom stereocenters. The number of ether oxygens (including phenoxy) is 1. The van der Waals surface area contributed by atoms with Crippen molar-refractivity contribution >= 4 is 34.0 Å². The van der Waals surface area contributed by atoms with Crippen molar-refractivity contribution in [1.82, 2.24) is 0 Å². The molecule has 0 spiro atoms. The minimum absolute atomic E-state index is 0.143. The predicted molar refractivity (Wildman–Crippen MR) is 114 cm³/mol.